The number of allylic oxidation sites excluding steroid dienone is 6. The van der Waals surface area contributed by atoms with Gasteiger partial charge in [0.05, 0.1) is 0 Å². The molecule has 0 amide bonds. The van der Waals surface area contributed by atoms with Gasteiger partial charge in [0.25, 0.3) is 0 Å². The van der Waals surface area contributed by atoms with Crippen LogP contribution in [-0.2, 0) is 16.0 Å². The van der Waals surface area contributed by atoms with Crippen molar-refractivity contribution in [1.29, 1.82) is 0 Å². The Bertz CT molecular complexity index is 634. The Balaban J connectivity index is 2.40. The highest BCUT2D eigenvalue weighted by molar-refractivity contribution is 5.84. The minimum atomic E-state index is -0.957. The summed E-state index contributed by atoms with van der Waals surface area (Å²) in [6, 6.07) is 7.34. The third-order valence-corrected chi connectivity index (χ3v) is 2.94. The van der Waals surface area contributed by atoms with E-state index in [1.165, 1.54) is 12.2 Å². The Labute approximate surface area is 142 Å². The molecule has 0 spiro atoms. The van der Waals surface area contributed by atoms with Gasteiger partial charge in [0.2, 0.25) is 0 Å². The van der Waals surface area contributed by atoms with Crippen molar-refractivity contribution in [3.8, 4) is 5.75 Å². The van der Waals surface area contributed by atoms with Crippen molar-refractivity contribution in [1.82, 2.24) is 0 Å². The van der Waals surface area contributed by atoms with Gasteiger partial charge in [0, 0.05) is 12.2 Å². The van der Waals surface area contributed by atoms with Gasteiger partial charge in [-0.15, -0.1) is 0 Å². The lowest BCUT2D eigenvalue weighted by Gasteiger charge is -2.03. The Hall–Kier alpha value is -2.88. The van der Waals surface area contributed by atoms with Crippen LogP contribution in [0.3, 0.4) is 0 Å². The van der Waals surface area contributed by atoms with E-state index >= 15 is 0 Å². The number of carbonyl (C=O) groups is 2. The van der Waals surface area contributed by atoms with Crippen LogP contribution in [0.1, 0.15) is 25.3 Å². The molecule has 4 heteroatoms. The smallest absolute Gasteiger partial charge is 0.336 e. The maximum absolute atomic E-state index is 11.6. The van der Waals surface area contributed by atoms with Crippen molar-refractivity contribution in [2.45, 2.75) is 26.2 Å². The summed E-state index contributed by atoms with van der Waals surface area (Å²) in [7, 11) is 0. The van der Waals surface area contributed by atoms with Gasteiger partial charge in [-0.2, -0.15) is 0 Å². The van der Waals surface area contributed by atoms with E-state index in [-0.39, 0.29) is 0 Å². The first-order chi connectivity index (χ1) is 11.6. The first-order valence-corrected chi connectivity index (χ1v) is 7.82. The molecule has 1 N–H and O–H groups in total. The Morgan fingerprint density at radius 1 is 1.00 bits per heavy atom. The van der Waals surface area contributed by atoms with E-state index in [0.717, 1.165) is 30.9 Å². The molecule has 0 atom stereocenters. The predicted octanol–water partition coefficient (Wildman–Crippen LogP) is 4.24. The topological polar surface area (TPSA) is 63.6 Å². The maximum Gasteiger partial charge on any atom is 0.336 e. The Kier molecular flexibility index (Phi) is 9.31. The second kappa shape index (κ2) is 11.7. The van der Waals surface area contributed by atoms with Crippen molar-refractivity contribution in [3.05, 3.63) is 78.4 Å². The van der Waals surface area contributed by atoms with Crippen LogP contribution in [0.4, 0.5) is 0 Å². The molecule has 0 fully saturated rings. The normalized spacial score (nSPS) is 11.9. The van der Waals surface area contributed by atoms with Crippen LogP contribution in [0, 0.1) is 0 Å². The standard InChI is InChI=1S/C20H22O4/c1-2-3-4-9-12-20(23)24-18-15-13-17(14-16-18)10-7-5-6-8-11-19(21)22/h3-6,8-9,11-16H,2,7,10H2,1H3,(H,21,22)/b4-3+,6-5+,11-8+,12-9+. The van der Waals surface area contributed by atoms with Crippen LogP contribution in [0.5, 0.6) is 5.75 Å². The number of esters is 1. The average Bonchev–Trinajstić information content (AvgIpc) is 2.56. The zero-order valence-corrected chi connectivity index (χ0v) is 13.7. The molecule has 4 nitrogen and oxygen atoms in total. The molecule has 0 aromatic heterocycles. The number of carboxylic acids is 1. The summed E-state index contributed by atoms with van der Waals surface area (Å²) < 4.78 is 5.19. The van der Waals surface area contributed by atoms with E-state index in [0.29, 0.717) is 5.75 Å². The zero-order chi connectivity index (χ0) is 17.6. The van der Waals surface area contributed by atoms with Crippen LogP contribution in [-0.4, -0.2) is 17.0 Å². The van der Waals surface area contributed by atoms with Gasteiger partial charge >= 0.3 is 11.9 Å². The zero-order valence-electron chi connectivity index (χ0n) is 13.7. The Morgan fingerprint density at radius 3 is 2.33 bits per heavy atom. The molecule has 0 aliphatic heterocycles. The lowest BCUT2D eigenvalue weighted by molar-refractivity contribution is -0.131. The molecule has 1 aromatic rings. The second-order valence-corrected chi connectivity index (χ2v) is 4.92. The fraction of sp³-hybridized carbons (Fsp3) is 0.200. The molecular weight excluding hydrogens is 304 g/mol. The number of carbonyl (C=O) groups excluding carboxylic acids is 1. The molecule has 0 aliphatic carbocycles. The van der Waals surface area contributed by atoms with Crippen molar-refractivity contribution >= 4 is 11.9 Å². The fourth-order valence-electron chi connectivity index (χ4n) is 1.79. The van der Waals surface area contributed by atoms with Crippen molar-refractivity contribution < 1.29 is 19.4 Å². The monoisotopic (exact) mass is 326 g/mol. The summed E-state index contributed by atoms with van der Waals surface area (Å²) in [4.78, 5) is 21.9. The molecule has 0 bridgehead atoms. The first kappa shape index (κ1) is 19.2. The fourth-order valence-corrected chi connectivity index (χ4v) is 1.79. The quantitative estimate of drug-likeness (QED) is 0.319. The van der Waals surface area contributed by atoms with E-state index in [1.54, 1.807) is 24.3 Å². The highest BCUT2D eigenvalue weighted by Crippen LogP contribution is 2.14. The van der Waals surface area contributed by atoms with Crippen LogP contribution in [0.15, 0.2) is 72.9 Å². The number of carboxylic acid groups (broad SMARTS) is 1. The van der Waals surface area contributed by atoms with E-state index in [1.807, 2.05) is 37.3 Å². The molecule has 0 saturated carbocycles. The molecule has 0 aliphatic rings. The third-order valence-electron chi connectivity index (χ3n) is 2.94. The van der Waals surface area contributed by atoms with E-state index in [2.05, 4.69) is 0 Å². The molecule has 1 aromatic carbocycles. The van der Waals surface area contributed by atoms with Gasteiger partial charge in [-0.3, -0.25) is 0 Å². The summed E-state index contributed by atoms with van der Waals surface area (Å²) in [6.07, 6.45) is 15.6. The number of ether oxygens (including phenoxy) is 1. The van der Waals surface area contributed by atoms with Crippen molar-refractivity contribution in [2.75, 3.05) is 0 Å². The van der Waals surface area contributed by atoms with Gasteiger partial charge in [-0.1, -0.05) is 55.5 Å². The summed E-state index contributed by atoms with van der Waals surface area (Å²) in [5.74, 6) is -0.856. The number of hydrogen-bond acceptors (Lipinski definition) is 3. The molecule has 0 unspecified atom stereocenters. The highest BCUT2D eigenvalue weighted by Gasteiger charge is 2.00. The molecule has 0 saturated heterocycles. The number of aryl methyl sites for hydroxylation is 1. The number of benzene rings is 1. The number of aliphatic carboxylic acids is 1. The number of hydrogen-bond donors (Lipinski definition) is 1. The van der Waals surface area contributed by atoms with Gasteiger partial charge in [0.15, 0.2) is 0 Å². The average molecular weight is 326 g/mol. The molecule has 0 radical (unpaired) electrons. The van der Waals surface area contributed by atoms with Crippen LogP contribution in [0.2, 0.25) is 0 Å². The van der Waals surface area contributed by atoms with Gasteiger partial charge < -0.3 is 9.84 Å². The Morgan fingerprint density at radius 2 is 1.67 bits per heavy atom. The maximum atomic E-state index is 11.6. The highest BCUT2D eigenvalue weighted by atomic mass is 16.5. The minimum Gasteiger partial charge on any atom is -0.478 e. The van der Waals surface area contributed by atoms with E-state index < -0.39 is 11.9 Å². The molecule has 126 valence electrons. The second-order valence-electron chi connectivity index (χ2n) is 4.92. The van der Waals surface area contributed by atoms with E-state index in [9.17, 15) is 9.59 Å². The van der Waals surface area contributed by atoms with Crippen molar-refractivity contribution in [3.63, 3.8) is 0 Å². The summed E-state index contributed by atoms with van der Waals surface area (Å²) in [5.41, 5.74) is 1.11. The molecular formula is C20H22O4. The third kappa shape index (κ3) is 9.20. The summed E-state index contributed by atoms with van der Waals surface area (Å²) in [6.45, 7) is 2.02. The SMILES string of the molecule is CC/C=C/C=C/C(=O)Oc1ccc(CC/C=C/C=C/C(=O)O)cc1. The lowest BCUT2D eigenvalue weighted by atomic mass is 10.1. The molecule has 1 rings (SSSR count). The van der Waals surface area contributed by atoms with Gasteiger partial charge in [-0.25, -0.2) is 9.59 Å². The minimum absolute atomic E-state index is 0.406. The molecule has 0 heterocycles. The summed E-state index contributed by atoms with van der Waals surface area (Å²) >= 11 is 0. The van der Waals surface area contributed by atoms with Crippen LogP contribution >= 0.6 is 0 Å². The number of rotatable bonds is 9. The molecule has 24 heavy (non-hydrogen) atoms. The van der Waals surface area contributed by atoms with Crippen LogP contribution in [0.25, 0.3) is 0 Å². The van der Waals surface area contributed by atoms with E-state index in [4.69, 9.17) is 9.84 Å². The first-order valence-electron chi connectivity index (χ1n) is 7.82. The predicted molar refractivity (Wildman–Crippen MR) is 94.9 cm³/mol. The van der Waals surface area contributed by atoms with Crippen LogP contribution < -0.4 is 4.74 Å². The van der Waals surface area contributed by atoms with Gasteiger partial charge in [0.1, 0.15) is 5.75 Å². The van der Waals surface area contributed by atoms with Crippen molar-refractivity contribution in [2.24, 2.45) is 0 Å². The van der Waals surface area contributed by atoms with Gasteiger partial charge in [-0.05, 0) is 37.0 Å². The largest absolute Gasteiger partial charge is 0.478 e. The summed E-state index contributed by atoms with van der Waals surface area (Å²) in [5, 5.41) is 8.44. The lowest BCUT2D eigenvalue weighted by Crippen LogP contribution is -2.03.